The smallest absolute Gasteiger partial charge is 0.135 e. The monoisotopic (exact) mass is 160 g/mol. The number of ether oxygens (including phenoxy) is 1. The van der Waals surface area contributed by atoms with E-state index in [2.05, 4.69) is 0 Å². The van der Waals surface area contributed by atoms with Gasteiger partial charge in [0.15, 0.2) is 0 Å². The van der Waals surface area contributed by atoms with Gasteiger partial charge in [-0.1, -0.05) is 6.92 Å². The van der Waals surface area contributed by atoms with Crippen LogP contribution in [0.3, 0.4) is 0 Å². The van der Waals surface area contributed by atoms with Crippen molar-refractivity contribution in [3.63, 3.8) is 0 Å². The molecule has 0 heterocycles. The van der Waals surface area contributed by atoms with Crippen LogP contribution >= 0.6 is 0 Å². The summed E-state index contributed by atoms with van der Waals surface area (Å²) >= 11 is 0. The van der Waals surface area contributed by atoms with Gasteiger partial charge in [0, 0.05) is 12.8 Å². The Balaban J connectivity index is 3.04. The fourth-order valence-corrected chi connectivity index (χ4v) is 0.756. The number of carbonyl (C=O) groups is 1. The van der Waals surface area contributed by atoms with Crippen molar-refractivity contribution in [2.24, 2.45) is 0 Å². The van der Waals surface area contributed by atoms with Crippen LogP contribution in [-0.2, 0) is 9.53 Å². The summed E-state index contributed by atoms with van der Waals surface area (Å²) in [5.74, 6) is 0.241. The molecule has 3 heteroatoms. The number of aliphatic hydroxyl groups excluding tert-OH is 1. The highest BCUT2D eigenvalue weighted by Crippen LogP contribution is 1.94. The molecule has 0 amide bonds. The van der Waals surface area contributed by atoms with Gasteiger partial charge in [0.25, 0.3) is 0 Å². The SMILES string of the molecule is CCCC(=O)CCOCCO. The van der Waals surface area contributed by atoms with Gasteiger partial charge in [-0.3, -0.25) is 4.79 Å². The Morgan fingerprint density at radius 3 is 2.64 bits per heavy atom. The summed E-state index contributed by atoms with van der Waals surface area (Å²) in [4.78, 5) is 10.9. The average molecular weight is 160 g/mol. The third-order valence-corrected chi connectivity index (χ3v) is 1.29. The molecule has 0 spiro atoms. The first-order valence-corrected chi connectivity index (χ1v) is 4.01. The van der Waals surface area contributed by atoms with Crippen LogP contribution in [0.4, 0.5) is 0 Å². The largest absolute Gasteiger partial charge is 0.394 e. The van der Waals surface area contributed by atoms with Crippen molar-refractivity contribution in [2.75, 3.05) is 19.8 Å². The molecule has 0 saturated carbocycles. The first-order chi connectivity index (χ1) is 5.31. The maximum Gasteiger partial charge on any atom is 0.135 e. The van der Waals surface area contributed by atoms with Crippen molar-refractivity contribution in [2.45, 2.75) is 26.2 Å². The Hall–Kier alpha value is -0.410. The number of ketones is 1. The quantitative estimate of drug-likeness (QED) is 0.559. The van der Waals surface area contributed by atoms with E-state index in [4.69, 9.17) is 9.84 Å². The fourth-order valence-electron chi connectivity index (χ4n) is 0.756. The molecule has 66 valence electrons. The third-order valence-electron chi connectivity index (χ3n) is 1.29. The van der Waals surface area contributed by atoms with Gasteiger partial charge in [-0.25, -0.2) is 0 Å². The number of rotatable bonds is 7. The number of hydrogen-bond acceptors (Lipinski definition) is 3. The Labute approximate surface area is 67.4 Å². The minimum Gasteiger partial charge on any atom is -0.394 e. The maximum absolute atomic E-state index is 10.9. The second-order valence-corrected chi connectivity index (χ2v) is 2.37. The van der Waals surface area contributed by atoms with Crippen LogP contribution in [-0.4, -0.2) is 30.7 Å². The topological polar surface area (TPSA) is 46.5 Å². The van der Waals surface area contributed by atoms with Crippen molar-refractivity contribution in [3.8, 4) is 0 Å². The van der Waals surface area contributed by atoms with E-state index in [1.807, 2.05) is 6.92 Å². The molecule has 0 bridgehead atoms. The van der Waals surface area contributed by atoms with Crippen LogP contribution < -0.4 is 0 Å². The molecule has 11 heavy (non-hydrogen) atoms. The van der Waals surface area contributed by atoms with Crippen LogP contribution in [0.25, 0.3) is 0 Å². The zero-order chi connectivity index (χ0) is 8.53. The maximum atomic E-state index is 10.9. The molecule has 0 fully saturated rings. The van der Waals surface area contributed by atoms with Gasteiger partial charge in [0.2, 0.25) is 0 Å². The molecule has 0 aliphatic carbocycles. The van der Waals surface area contributed by atoms with Gasteiger partial charge in [-0.15, -0.1) is 0 Å². The summed E-state index contributed by atoms with van der Waals surface area (Å²) in [7, 11) is 0. The molecule has 3 nitrogen and oxygen atoms in total. The first-order valence-electron chi connectivity index (χ1n) is 4.01. The molecule has 1 N–H and O–H groups in total. The molecule has 0 unspecified atom stereocenters. The molecule has 0 aromatic heterocycles. The van der Waals surface area contributed by atoms with Crippen molar-refractivity contribution in [1.82, 2.24) is 0 Å². The van der Waals surface area contributed by atoms with Crippen molar-refractivity contribution in [3.05, 3.63) is 0 Å². The number of aliphatic hydroxyl groups is 1. The Kier molecular flexibility index (Phi) is 7.41. The van der Waals surface area contributed by atoms with Crippen LogP contribution in [0, 0.1) is 0 Å². The Bertz CT molecular complexity index is 102. The molecule has 0 aromatic carbocycles. The summed E-state index contributed by atoms with van der Waals surface area (Å²) in [5, 5.41) is 8.32. The summed E-state index contributed by atoms with van der Waals surface area (Å²) in [6, 6.07) is 0. The number of carbonyl (C=O) groups excluding carboxylic acids is 1. The first kappa shape index (κ1) is 10.6. The van der Waals surface area contributed by atoms with Gasteiger partial charge in [-0.2, -0.15) is 0 Å². The Morgan fingerprint density at radius 2 is 2.09 bits per heavy atom. The average Bonchev–Trinajstić information content (AvgIpc) is 1.99. The van der Waals surface area contributed by atoms with E-state index in [9.17, 15) is 4.79 Å². The van der Waals surface area contributed by atoms with E-state index < -0.39 is 0 Å². The van der Waals surface area contributed by atoms with E-state index in [1.54, 1.807) is 0 Å². The highest BCUT2D eigenvalue weighted by atomic mass is 16.5. The number of Topliss-reactive ketones (excluding diaryl/α,β-unsaturated/α-hetero) is 1. The van der Waals surface area contributed by atoms with Crippen LogP contribution in [0.15, 0.2) is 0 Å². The summed E-state index contributed by atoms with van der Waals surface area (Å²) in [5.41, 5.74) is 0. The van der Waals surface area contributed by atoms with E-state index in [0.717, 1.165) is 6.42 Å². The molecular weight excluding hydrogens is 144 g/mol. The number of hydrogen-bond donors (Lipinski definition) is 1. The predicted octanol–water partition coefficient (Wildman–Crippen LogP) is 0.755. The van der Waals surface area contributed by atoms with E-state index in [1.165, 1.54) is 0 Å². The molecule has 0 aliphatic rings. The van der Waals surface area contributed by atoms with E-state index in [0.29, 0.717) is 26.1 Å². The fraction of sp³-hybridized carbons (Fsp3) is 0.875. The predicted molar refractivity (Wildman–Crippen MR) is 42.4 cm³/mol. The minimum absolute atomic E-state index is 0.0297. The van der Waals surface area contributed by atoms with Crippen LogP contribution in [0.1, 0.15) is 26.2 Å². The lowest BCUT2D eigenvalue weighted by Gasteiger charge is -1.99. The lowest BCUT2D eigenvalue weighted by Crippen LogP contribution is -2.06. The van der Waals surface area contributed by atoms with Crippen molar-refractivity contribution < 1.29 is 14.6 Å². The van der Waals surface area contributed by atoms with Gasteiger partial charge < -0.3 is 9.84 Å². The standard InChI is InChI=1S/C8H16O3/c1-2-3-8(10)4-6-11-7-5-9/h9H,2-7H2,1H3. The minimum atomic E-state index is 0.0297. The zero-order valence-corrected chi connectivity index (χ0v) is 7.01. The van der Waals surface area contributed by atoms with E-state index >= 15 is 0 Å². The van der Waals surface area contributed by atoms with Gasteiger partial charge in [0.05, 0.1) is 19.8 Å². The molecule has 0 aromatic rings. The third kappa shape index (κ3) is 7.49. The summed E-state index contributed by atoms with van der Waals surface area (Å²) in [6.07, 6.45) is 2.02. The lowest BCUT2D eigenvalue weighted by atomic mass is 10.2. The summed E-state index contributed by atoms with van der Waals surface area (Å²) < 4.78 is 4.93. The molecule has 0 radical (unpaired) electrons. The Morgan fingerprint density at radius 1 is 1.36 bits per heavy atom. The van der Waals surface area contributed by atoms with Gasteiger partial charge in [-0.05, 0) is 6.42 Å². The zero-order valence-electron chi connectivity index (χ0n) is 7.01. The van der Waals surface area contributed by atoms with Crippen molar-refractivity contribution >= 4 is 5.78 Å². The van der Waals surface area contributed by atoms with E-state index in [-0.39, 0.29) is 12.4 Å². The van der Waals surface area contributed by atoms with Gasteiger partial charge >= 0.3 is 0 Å². The molecule has 0 aliphatic heterocycles. The van der Waals surface area contributed by atoms with Crippen LogP contribution in [0.5, 0.6) is 0 Å². The van der Waals surface area contributed by atoms with Gasteiger partial charge in [0.1, 0.15) is 5.78 Å². The lowest BCUT2D eigenvalue weighted by molar-refractivity contribution is -0.120. The highest BCUT2D eigenvalue weighted by Gasteiger charge is 1.98. The molecule has 0 atom stereocenters. The molecular formula is C8H16O3. The highest BCUT2D eigenvalue weighted by molar-refractivity contribution is 5.78. The van der Waals surface area contributed by atoms with Crippen LogP contribution in [0.2, 0.25) is 0 Å². The second-order valence-electron chi connectivity index (χ2n) is 2.37. The molecule has 0 rings (SSSR count). The second kappa shape index (κ2) is 7.69. The normalized spacial score (nSPS) is 10.0. The molecule has 0 saturated heterocycles. The summed E-state index contributed by atoms with van der Waals surface area (Å²) in [6.45, 7) is 2.78. The van der Waals surface area contributed by atoms with Crippen molar-refractivity contribution in [1.29, 1.82) is 0 Å².